The first-order chi connectivity index (χ1) is 10.4. The highest BCUT2D eigenvalue weighted by molar-refractivity contribution is 5.36. The van der Waals surface area contributed by atoms with Crippen LogP contribution in [0.4, 0.5) is 5.82 Å². The molecule has 0 saturated carbocycles. The van der Waals surface area contributed by atoms with Crippen LogP contribution >= 0.6 is 0 Å². The van der Waals surface area contributed by atoms with Gasteiger partial charge in [0.1, 0.15) is 17.9 Å². The Labute approximate surface area is 125 Å². The number of hydrogen-bond donors (Lipinski definition) is 1. The number of rotatable bonds is 9. The Morgan fingerprint density at radius 1 is 1.05 bits per heavy atom. The molecule has 0 atom stereocenters. The highest BCUT2D eigenvalue weighted by atomic mass is 16.5. The molecular weight excluding hydrogens is 266 g/mol. The molecule has 0 spiro atoms. The van der Waals surface area contributed by atoms with Crippen LogP contribution in [0.25, 0.3) is 0 Å². The first-order valence-electron chi connectivity index (χ1n) is 7.25. The Hall–Kier alpha value is -2.30. The minimum absolute atomic E-state index is 0.606. The smallest absolute Gasteiger partial charge is 0.218 e. The Balaban J connectivity index is 1.66. The first kappa shape index (κ1) is 15.1. The largest absolute Gasteiger partial charge is 0.494 e. The molecule has 0 radical (unpaired) electrons. The van der Waals surface area contributed by atoms with E-state index in [9.17, 15) is 0 Å². The summed E-state index contributed by atoms with van der Waals surface area (Å²) in [5, 5.41) is 3.24. The second-order valence-corrected chi connectivity index (χ2v) is 4.53. The molecule has 0 amide bonds. The summed E-state index contributed by atoms with van der Waals surface area (Å²) >= 11 is 0. The van der Waals surface area contributed by atoms with E-state index in [0.29, 0.717) is 19.1 Å². The van der Waals surface area contributed by atoms with Crippen LogP contribution in [0.1, 0.15) is 19.8 Å². The fraction of sp³-hybridized carbons (Fsp3) is 0.375. The van der Waals surface area contributed by atoms with E-state index in [1.165, 1.54) is 6.33 Å². The second kappa shape index (κ2) is 8.79. The van der Waals surface area contributed by atoms with Gasteiger partial charge in [-0.2, -0.15) is 0 Å². The highest BCUT2D eigenvalue weighted by Crippen LogP contribution is 2.11. The molecular formula is C16H21N3O2. The molecule has 1 N–H and O–H groups in total. The SMILES string of the molecule is CCCOc1cc(NCCCOc2ccccc2)ncn1. The monoisotopic (exact) mass is 287 g/mol. The molecule has 0 bridgehead atoms. The molecule has 0 aliphatic rings. The zero-order valence-corrected chi connectivity index (χ0v) is 12.3. The summed E-state index contributed by atoms with van der Waals surface area (Å²) in [5.41, 5.74) is 0. The number of anilines is 1. The van der Waals surface area contributed by atoms with Gasteiger partial charge in [-0.25, -0.2) is 9.97 Å². The maximum Gasteiger partial charge on any atom is 0.218 e. The molecule has 1 aromatic carbocycles. The molecule has 1 heterocycles. The maximum absolute atomic E-state index is 5.62. The van der Waals surface area contributed by atoms with Crippen LogP contribution in [0.2, 0.25) is 0 Å². The molecule has 2 aromatic rings. The molecule has 112 valence electrons. The first-order valence-corrected chi connectivity index (χ1v) is 7.25. The summed E-state index contributed by atoms with van der Waals surface area (Å²) in [6.07, 6.45) is 3.36. The van der Waals surface area contributed by atoms with Crippen LogP contribution in [0.5, 0.6) is 11.6 Å². The van der Waals surface area contributed by atoms with Crippen molar-refractivity contribution < 1.29 is 9.47 Å². The quantitative estimate of drug-likeness (QED) is 0.718. The second-order valence-electron chi connectivity index (χ2n) is 4.53. The molecule has 1 aromatic heterocycles. The van der Waals surface area contributed by atoms with Gasteiger partial charge in [0, 0.05) is 12.6 Å². The van der Waals surface area contributed by atoms with E-state index in [1.807, 2.05) is 36.4 Å². The van der Waals surface area contributed by atoms with Crippen LogP contribution in [-0.2, 0) is 0 Å². The van der Waals surface area contributed by atoms with Crippen LogP contribution < -0.4 is 14.8 Å². The number of aromatic nitrogens is 2. The van der Waals surface area contributed by atoms with Gasteiger partial charge in [-0.3, -0.25) is 0 Å². The maximum atomic E-state index is 5.62. The number of benzene rings is 1. The summed E-state index contributed by atoms with van der Waals surface area (Å²) in [6, 6.07) is 11.6. The lowest BCUT2D eigenvalue weighted by atomic mass is 10.3. The van der Waals surface area contributed by atoms with E-state index in [0.717, 1.165) is 31.0 Å². The van der Waals surface area contributed by atoms with E-state index in [2.05, 4.69) is 22.2 Å². The summed E-state index contributed by atoms with van der Waals surface area (Å²) < 4.78 is 11.1. The number of ether oxygens (including phenoxy) is 2. The van der Waals surface area contributed by atoms with Gasteiger partial charge < -0.3 is 14.8 Å². The number of nitrogens with one attached hydrogen (secondary N) is 1. The van der Waals surface area contributed by atoms with Crippen molar-refractivity contribution >= 4 is 5.82 Å². The van der Waals surface area contributed by atoms with Crippen molar-refractivity contribution in [3.8, 4) is 11.6 Å². The van der Waals surface area contributed by atoms with Crippen molar-refractivity contribution in [2.75, 3.05) is 25.1 Å². The minimum atomic E-state index is 0.606. The van der Waals surface area contributed by atoms with Gasteiger partial charge in [0.25, 0.3) is 0 Å². The molecule has 21 heavy (non-hydrogen) atoms. The summed E-state index contributed by atoms with van der Waals surface area (Å²) in [6.45, 7) is 4.19. The number of para-hydroxylation sites is 1. The van der Waals surface area contributed by atoms with Crippen molar-refractivity contribution in [3.63, 3.8) is 0 Å². The van der Waals surface area contributed by atoms with Crippen LogP contribution in [0.15, 0.2) is 42.7 Å². The van der Waals surface area contributed by atoms with Crippen molar-refractivity contribution in [1.29, 1.82) is 0 Å². The van der Waals surface area contributed by atoms with Gasteiger partial charge in [-0.05, 0) is 25.0 Å². The van der Waals surface area contributed by atoms with Gasteiger partial charge in [0.05, 0.1) is 13.2 Å². The molecule has 0 aliphatic carbocycles. The average molecular weight is 287 g/mol. The summed E-state index contributed by atoms with van der Waals surface area (Å²) in [4.78, 5) is 8.22. The van der Waals surface area contributed by atoms with Crippen molar-refractivity contribution in [2.24, 2.45) is 0 Å². The lowest BCUT2D eigenvalue weighted by Crippen LogP contribution is -2.08. The molecule has 0 saturated heterocycles. The average Bonchev–Trinajstić information content (AvgIpc) is 2.54. The fourth-order valence-electron chi connectivity index (χ4n) is 1.72. The zero-order chi connectivity index (χ0) is 14.8. The lowest BCUT2D eigenvalue weighted by molar-refractivity contribution is 0.305. The number of hydrogen-bond acceptors (Lipinski definition) is 5. The van der Waals surface area contributed by atoms with Crippen molar-refractivity contribution in [2.45, 2.75) is 19.8 Å². The van der Waals surface area contributed by atoms with E-state index in [-0.39, 0.29) is 0 Å². The minimum Gasteiger partial charge on any atom is -0.494 e. The van der Waals surface area contributed by atoms with E-state index >= 15 is 0 Å². The van der Waals surface area contributed by atoms with Gasteiger partial charge in [-0.15, -0.1) is 0 Å². The van der Waals surface area contributed by atoms with Crippen LogP contribution in [-0.4, -0.2) is 29.7 Å². The van der Waals surface area contributed by atoms with E-state index < -0.39 is 0 Å². The normalized spacial score (nSPS) is 10.1. The number of nitrogens with zero attached hydrogens (tertiary/aromatic N) is 2. The lowest BCUT2D eigenvalue weighted by Gasteiger charge is -2.08. The Morgan fingerprint density at radius 3 is 2.71 bits per heavy atom. The Kier molecular flexibility index (Phi) is 6.32. The van der Waals surface area contributed by atoms with E-state index in [4.69, 9.17) is 9.47 Å². The molecule has 5 nitrogen and oxygen atoms in total. The molecule has 0 aliphatic heterocycles. The molecule has 0 fully saturated rings. The highest BCUT2D eigenvalue weighted by Gasteiger charge is 1.99. The van der Waals surface area contributed by atoms with Gasteiger partial charge in [0.2, 0.25) is 5.88 Å². The summed E-state index contributed by atoms with van der Waals surface area (Å²) in [7, 11) is 0. The fourth-order valence-corrected chi connectivity index (χ4v) is 1.72. The van der Waals surface area contributed by atoms with Crippen LogP contribution in [0.3, 0.4) is 0 Å². The van der Waals surface area contributed by atoms with E-state index in [1.54, 1.807) is 0 Å². The van der Waals surface area contributed by atoms with Gasteiger partial charge >= 0.3 is 0 Å². The predicted molar refractivity (Wildman–Crippen MR) is 82.9 cm³/mol. The zero-order valence-electron chi connectivity index (χ0n) is 12.3. The Morgan fingerprint density at radius 2 is 1.90 bits per heavy atom. The third kappa shape index (κ3) is 5.69. The molecule has 2 rings (SSSR count). The molecule has 5 heteroatoms. The summed E-state index contributed by atoms with van der Waals surface area (Å²) in [5.74, 6) is 2.28. The standard InChI is InChI=1S/C16H21N3O2/c1-2-10-21-16-12-15(18-13-19-16)17-9-6-11-20-14-7-4-3-5-8-14/h3-5,7-8,12-13H,2,6,9-11H2,1H3,(H,17,18,19). The predicted octanol–water partition coefficient (Wildman–Crippen LogP) is 3.15. The van der Waals surface area contributed by atoms with Gasteiger partial charge in [0.15, 0.2) is 0 Å². The topological polar surface area (TPSA) is 56.3 Å². The third-order valence-corrected chi connectivity index (χ3v) is 2.74. The van der Waals surface area contributed by atoms with Gasteiger partial charge in [-0.1, -0.05) is 25.1 Å². The Bertz CT molecular complexity index is 520. The molecule has 0 unspecified atom stereocenters. The van der Waals surface area contributed by atoms with Crippen molar-refractivity contribution in [1.82, 2.24) is 9.97 Å². The third-order valence-electron chi connectivity index (χ3n) is 2.74. The van der Waals surface area contributed by atoms with Crippen molar-refractivity contribution in [3.05, 3.63) is 42.7 Å². The van der Waals surface area contributed by atoms with Crippen LogP contribution in [0, 0.1) is 0 Å².